The van der Waals surface area contributed by atoms with Crippen molar-refractivity contribution in [2.24, 2.45) is 0 Å². The van der Waals surface area contributed by atoms with E-state index < -0.39 is 0 Å². The number of halogens is 1. The predicted molar refractivity (Wildman–Crippen MR) is 156 cm³/mol. The van der Waals surface area contributed by atoms with Crippen LogP contribution in [0.2, 0.25) is 0 Å². The van der Waals surface area contributed by atoms with E-state index in [1.807, 2.05) is 0 Å². The van der Waals surface area contributed by atoms with Crippen molar-refractivity contribution in [2.75, 3.05) is 20.6 Å². The van der Waals surface area contributed by atoms with Crippen molar-refractivity contribution in [1.82, 2.24) is 0 Å². The van der Waals surface area contributed by atoms with Crippen LogP contribution in [0.3, 0.4) is 0 Å². The number of phenols is 1. The van der Waals surface area contributed by atoms with Crippen LogP contribution < -0.4 is 17.0 Å². The number of rotatable bonds is 17. The summed E-state index contributed by atoms with van der Waals surface area (Å²) in [6, 6.07) is 4.52. The second-order valence-corrected chi connectivity index (χ2v) is 14.0. The van der Waals surface area contributed by atoms with Crippen LogP contribution in [0.1, 0.15) is 155 Å². The molecule has 0 saturated carbocycles. The second-order valence-electron chi connectivity index (χ2n) is 14.0. The number of hydrogen-bond acceptors (Lipinski definition) is 1. The van der Waals surface area contributed by atoms with Gasteiger partial charge in [0.1, 0.15) is 12.3 Å². The third kappa shape index (κ3) is 14.4. The lowest BCUT2D eigenvalue weighted by Gasteiger charge is -2.33. The zero-order valence-electron chi connectivity index (χ0n) is 25.7. The Kier molecular flexibility index (Phi) is 16.9. The van der Waals surface area contributed by atoms with Crippen molar-refractivity contribution in [3.8, 4) is 5.75 Å². The highest BCUT2D eigenvalue weighted by molar-refractivity contribution is 5.49. The summed E-state index contributed by atoms with van der Waals surface area (Å²) >= 11 is 0. The quantitative estimate of drug-likeness (QED) is 0.158. The lowest BCUT2D eigenvalue weighted by atomic mass is 9.78. The Morgan fingerprint density at radius 1 is 0.611 bits per heavy atom. The van der Waals surface area contributed by atoms with Gasteiger partial charge < -0.3 is 26.6 Å². The van der Waals surface area contributed by atoms with Crippen molar-refractivity contribution >= 4 is 0 Å². The fourth-order valence-corrected chi connectivity index (χ4v) is 5.24. The topological polar surface area (TPSA) is 20.2 Å². The molecule has 0 heterocycles. The van der Waals surface area contributed by atoms with Crippen molar-refractivity contribution in [3.05, 3.63) is 28.8 Å². The summed E-state index contributed by atoms with van der Waals surface area (Å²) in [7, 11) is 4.73. The standard InChI is InChI=1S/C33H61NO.BrH/c1-10-11-12-13-14-15-16-17-18-19-20-21-22-23-24-34(8,9)27-28-25-29(32(2,3)4)31(35)30(26-28)33(5,6)7;/h25-26H,10-24,27H2,1-9H3;1H. The van der Waals surface area contributed by atoms with Crippen molar-refractivity contribution in [3.63, 3.8) is 0 Å². The largest absolute Gasteiger partial charge is 1.00 e. The highest BCUT2D eigenvalue weighted by atomic mass is 79.9. The highest BCUT2D eigenvalue weighted by Crippen LogP contribution is 2.40. The molecule has 2 nitrogen and oxygen atoms in total. The van der Waals surface area contributed by atoms with Crippen LogP contribution in [-0.2, 0) is 17.4 Å². The number of unbranched alkanes of at least 4 members (excludes halogenated alkanes) is 13. The van der Waals surface area contributed by atoms with Crippen LogP contribution in [0.5, 0.6) is 5.75 Å². The van der Waals surface area contributed by atoms with Crippen molar-refractivity contribution < 1.29 is 26.6 Å². The molecule has 0 amide bonds. The molecule has 0 atom stereocenters. The number of hydrogen-bond donors (Lipinski definition) is 1. The molecule has 0 saturated heterocycles. The van der Waals surface area contributed by atoms with Gasteiger partial charge in [-0.15, -0.1) is 0 Å². The number of benzene rings is 1. The summed E-state index contributed by atoms with van der Waals surface area (Å²) in [5, 5.41) is 11.0. The van der Waals surface area contributed by atoms with Crippen molar-refractivity contribution in [1.29, 1.82) is 0 Å². The minimum absolute atomic E-state index is 0. The molecule has 0 radical (unpaired) electrons. The molecular weight excluding hydrogens is 506 g/mol. The Balaban J connectivity index is 0.0000122. The van der Waals surface area contributed by atoms with E-state index in [1.165, 1.54) is 102 Å². The zero-order valence-corrected chi connectivity index (χ0v) is 27.3. The van der Waals surface area contributed by atoms with Gasteiger partial charge in [-0.1, -0.05) is 126 Å². The van der Waals surface area contributed by atoms with E-state index in [2.05, 4.69) is 74.7 Å². The van der Waals surface area contributed by atoms with E-state index in [0.29, 0.717) is 5.75 Å². The molecule has 1 aromatic rings. The molecule has 1 rings (SSSR count). The zero-order chi connectivity index (χ0) is 26.5. The third-order valence-electron chi connectivity index (χ3n) is 7.51. The smallest absolute Gasteiger partial charge is 0.123 e. The summed E-state index contributed by atoms with van der Waals surface area (Å²) in [6.45, 7) is 17.7. The van der Waals surface area contributed by atoms with Crippen LogP contribution in [0.4, 0.5) is 0 Å². The maximum atomic E-state index is 11.0. The summed E-state index contributed by atoms with van der Waals surface area (Å²) in [5.74, 6) is 0.492. The fourth-order valence-electron chi connectivity index (χ4n) is 5.24. The van der Waals surface area contributed by atoms with Crippen LogP contribution in [-0.4, -0.2) is 30.2 Å². The second kappa shape index (κ2) is 17.1. The average molecular weight is 569 g/mol. The molecule has 0 aliphatic carbocycles. The number of phenolic OH excluding ortho intramolecular Hbond substituents is 1. The van der Waals surface area contributed by atoms with Gasteiger partial charge in [0, 0.05) is 16.7 Å². The van der Waals surface area contributed by atoms with Crippen LogP contribution >= 0.6 is 0 Å². The van der Waals surface area contributed by atoms with Gasteiger partial charge in [-0.05, 0) is 35.8 Å². The molecular formula is C33H62BrNO. The summed E-state index contributed by atoms with van der Waals surface area (Å²) in [5.41, 5.74) is 3.39. The van der Waals surface area contributed by atoms with Gasteiger partial charge in [-0.25, -0.2) is 0 Å². The first kappa shape index (κ1) is 35.5. The van der Waals surface area contributed by atoms with E-state index in [-0.39, 0.29) is 27.8 Å². The molecule has 0 fully saturated rings. The van der Waals surface area contributed by atoms with Crippen LogP contribution in [0.15, 0.2) is 12.1 Å². The van der Waals surface area contributed by atoms with Gasteiger partial charge in [0.25, 0.3) is 0 Å². The monoisotopic (exact) mass is 567 g/mol. The lowest BCUT2D eigenvalue weighted by molar-refractivity contribution is -0.903. The van der Waals surface area contributed by atoms with Gasteiger partial charge in [0.15, 0.2) is 0 Å². The van der Waals surface area contributed by atoms with Gasteiger partial charge in [0.05, 0.1) is 20.6 Å². The molecule has 0 aliphatic rings. The predicted octanol–water partition coefficient (Wildman–Crippen LogP) is 7.05. The molecule has 212 valence electrons. The first-order valence-electron chi connectivity index (χ1n) is 15.0. The summed E-state index contributed by atoms with van der Waals surface area (Å²) in [6.07, 6.45) is 19.8. The van der Waals surface area contributed by atoms with Gasteiger partial charge in [-0.3, -0.25) is 0 Å². The molecule has 0 bridgehead atoms. The Hall–Kier alpha value is -0.540. The molecule has 0 spiro atoms. The highest BCUT2D eigenvalue weighted by Gasteiger charge is 2.28. The van der Waals surface area contributed by atoms with E-state index in [4.69, 9.17) is 0 Å². The maximum absolute atomic E-state index is 11.0. The Morgan fingerprint density at radius 3 is 1.28 bits per heavy atom. The first-order chi connectivity index (χ1) is 16.3. The molecule has 0 aliphatic heterocycles. The van der Waals surface area contributed by atoms with Gasteiger partial charge in [0.2, 0.25) is 0 Å². The molecule has 1 aromatic carbocycles. The van der Waals surface area contributed by atoms with E-state index in [1.54, 1.807) is 0 Å². The number of nitrogens with zero attached hydrogens (tertiary/aromatic N) is 1. The lowest BCUT2D eigenvalue weighted by Crippen LogP contribution is -3.00. The van der Waals surface area contributed by atoms with E-state index in [9.17, 15) is 5.11 Å². The minimum atomic E-state index is -0.0636. The minimum Gasteiger partial charge on any atom is -1.00 e. The van der Waals surface area contributed by atoms with Gasteiger partial charge in [-0.2, -0.15) is 0 Å². The summed E-state index contributed by atoms with van der Waals surface area (Å²) < 4.78 is 1.01. The average Bonchev–Trinajstić information content (AvgIpc) is 2.73. The normalized spacial score (nSPS) is 12.6. The third-order valence-corrected chi connectivity index (χ3v) is 7.51. The molecule has 0 aromatic heterocycles. The number of aromatic hydroxyl groups is 1. The Morgan fingerprint density at radius 2 is 0.944 bits per heavy atom. The molecule has 1 N–H and O–H groups in total. The number of quaternary nitrogens is 1. The molecule has 36 heavy (non-hydrogen) atoms. The fraction of sp³-hybridized carbons (Fsp3) is 0.818. The van der Waals surface area contributed by atoms with E-state index >= 15 is 0 Å². The van der Waals surface area contributed by atoms with E-state index in [0.717, 1.165) is 22.2 Å². The molecule has 3 heteroatoms. The Bertz CT molecular complexity index is 676. The van der Waals surface area contributed by atoms with Gasteiger partial charge >= 0.3 is 0 Å². The summed E-state index contributed by atoms with van der Waals surface area (Å²) in [4.78, 5) is 0. The first-order valence-corrected chi connectivity index (χ1v) is 15.0. The Labute approximate surface area is 237 Å². The SMILES string of the molecule is CCCCCCCCCCCCCCCC[N+](C)(C)Cc1cc(C(C)(C)C)c(O)c(C(C)(C)C)c1.[Br-]. The molecule has 0 unspecified atom stereocenters. The maximum Gasteiger partial charge on any atom is 0.123 e. The van der Waals surface area contributed by atoms with Crippen LogP contribution in [0, 0.1) is 0 Å². The van der Waals surface area contributed by atoms with Crippen LogP contribution in [0.25, 0.3) is 0 Å². The van der Waals surface area contributed by atoms with Crippen molar-refractivity contribution in [2.45, 2.75) is 156 Å².